The van der Waals surface area contributed by atoms with Crippen LogP contribution in [0.3, 0.4) is 0 Å². The predicted molar refractivity (Wildman–Crippen MR) is 36.5 cm³/mol. The lowest BCUT2D eigenvalue weighted by Gasteiger charge is -1.97. The van der Waals surface area contributed by atoms with Gasteiger partial charge in [0.2, 0.25) is 0 Å². The molecule has 3 heteroatoms. The molecule has 1 fully saturated rings. The summed E-state index contributed by atoms with van der Waals surface area (Å²) < 4.78 is 12.2. The lowest BCUT2D eigenvalue weighted by molar-refractivity contribution is 0.197. The van der Waals surface area contributed by atoms with Gasteiger partial charge in [0.25, 0.3) is 0 Å². The van der Waals surface area contributed by atoms with E-state index >= 15 is 0 Å². The number of carbonyl (C=O) groups excluding carboxylic acids is 1. The summed E-state index contributed by atoms with van der Waals surface area (Å²) in [6, 6.07) is 0. The summed E-state index contributed by atoms with van der Waals surface area (Å²) in [6.45, 7) is 7.41. The molecule has 0 aliphatic carbocycles. The summed E-state index contributed by atoms with van der Waals surface area (Å²) >= 11 is 0. The molecule has 0 aromatic heterocycles. The zero-order valence-corrected chi connectivity index (χ0v) is 6.73. The van der Waals surface area contributed by atoms with E-state index in [4.69, 9.17) is 0 Å². The smallest absolute Gasteiger partial charge is 0.300 e. The molecule has 1 aliphatic rings. The van der Waals surface area contributed by atoms with Crippen molar-refractivity contribution in [3.63, 3.8) is 0 Å². The molecule has 0 spiro atoms. The Morgan fingerprint density at radius 3 is 1.50 bits per heavy atom. The van der Waals surface area contributed by atoms with Gasteiger partial charge in [-0.2, -0.15) is 0 Å². The molecule has 0 bridgehead atoms. The maximum Gasteiger partial charge on any atom is 0.401 e. The van der Waals surface area contributed by atoms with Crippen molar-refractivity contribution in [2.75, 3.05) is 0 Å². The van der Waals surface area contributed by atoms with Crippen LogP contribution in [0.25, 0.3) is 0 Å². The summed E-state index contributed by atoms with van der Waals surface area (Å²) in [5.74, 6) is 0. The van der Waals surface area contributed by atoms with Gasteiger partial charge in [-0.1, -0.05) is 0 Å². The molecule has 10 heavy (non-hydrogen) atoms. The van der Waals surface area contributed by atoms with E-state index in [0.717, 1.165) is 0 Å². The highest BCUT2D eigenvalue weighted by molar-refractivity contribution is 5.73. The van der Waals surface area contributed by atoms with Crippen LogP contribution in [-0.2, 0) is 0 Å². The second kappa shape index (κ2) is 1.52. The van der Waals surface area contributed by atoms with Crippen molar-refractivity contribution < 1.29 is 9.18 Å². The predicted octanol–water partition coefficient (Wildman–Crippen LogP) is 1.95. The maximum atomic E-state index is 12.2. The number of carbonyl (C=O) groups is 1. The topological polar surface area (TPSA) is 20.1 Å². The van der Waals surface area contributed by atoms with E-state index in [2.05, 4.69) is 0 Å². The van der Waals surface area contributed by atoms with Gasteiger partial charge in [0.15, 0.2) is 0 Å². The standard InChI is InChI=1S/C7H12FNO/c1-6(2)7(3,4)9(6)5(8)10/h1-4H3. The minimum Gasteiger partial charge on any atom is -0.300 e. The largest absolute Gasteiger partial charge is 0.401 e. The molecule has 1 amide bonds. The average molecular weight is 145 g/mol. The summed E-state index contributed by atoms with van der Waals surface area (Å²) in [6.07, 6.45) is -1.32. The van der Waals surface area contributed by atoms with Crippen molar-refractivity contribution >= 4 is 6.16 Å². The average Bonchev–Trinajstić information content (AvgIpc) is 1.97. The van der Waals surface area contributed by atoms with E-state index in [1.807, 2.05) is 27.7 Å². The molecule has 1 rings (SSSR count). The van der Waals surface area contributed by atoms with E-state index in [-0.39, 0.29) is 11.1 Å². The Kier molecular flexibility index (Phi) is 1.14. The Morgan fingerprint density at radius 2 is 1.50 bits per heavy atom. The van der Waals surface area contributed by atoms with Crippen LogP contribution in [0.15, 0.2) is 0 Å². The van der Waals surface area contributed by atoms with Crippen LogP contribution in [0, 0.1) is 0 Å². The fraction of sp³-hybridized carbons (Fsp3) is 0.857. The summed E-state index contributed by atoms with van der Waals surface area (Å²) in [7, 11) is 0. The van der Waals surface area contributed by atoms with Gasteiger partial charge in [-0.3, -0.25) is 4.90 Å². The first kappa shape index (κ1) is 7.51. The van der Waals surface area contributed by atoms with E-state index in [1.165, 1.54) is 4.90 Å². The molecule has 1 aliphatic heterocycles. The van der Waals surface area contributed by atoms with Crippen LogP contribution in [0.4, 0.5) is 9.18 Å². The lowest BCUT2D eigenvalue weighted by Crippen LogP contribution is -2.11. The first-order chi connectivity index (χ1) is 4.32. The lowest BCUT2D eigenvalue weighted by atomic mass is 10.0. The monoisotopic (exact) mass is 145 g/mol. The van der Waals surface area contributed by atoms with Gasteiger partial charge in [0.1, 0.15) is 0 Å². The molecule has 0 saturated carbocycles. The number of rotatable bonds is 0. The Bertz CT molecular complexity index is 172. The van der Waals surface area contributed by atoms with Gasteiger partial charge < -0.3 is 0 Å². The molecule has 0 unspecified atom stereocenters. The molecular weight excluding hydrogens is 133 g/mol. The molecule has 1 heterocycles. The Labute approximate surface area is 60.0 Å². The first-order valence-corrected chi connectivity index (χ1v) is 3.31. The molecule has 0 aromatic carbocycles. The normalized spacial score (nSPS) is 26.3. The molecule has 58 valence electrons. The van der Waals surface area contributed by atoms with Gasteiger partial charge in [0, 0.05) is 0 Å². The quantitative estimate of drug-likeness (QED) is 0.290. The van der Waals surface area contributed by atoms with E-state index < -0.39 is 6.16 Å². The highest BCUT2D eigenvalue weighted by atomic mass is 19.1. The second-order valence-corrected chi connectivity index (χ2v) is 3.71. The van der Waals surface area contributed by atoms with Crippen molar-refractivity contribution in [2.24, 2.45) is 0 Å². The van der Waals surface area contributed by atoms with Gasteiger partial charge in [-0.05, 0) is 27.7 Å². The third-order valence-corrected chi connectivity index (χ3v) is 2.74. The Balaban J connectivity index is 2.81. The van der Waals surface area contributed by atoms with Crippen LogP contribution in [0.1, 0.15) is 27.7 Å². The zero-order valence-electron chi connectivity index (χ0n) is 6.73. The minimum atomic E-state index is -1.32. The fourth-order valence-electron chi connectivity index (χ4n) is 1.36. The fourth-order valence-corrected chi connectivity index (χ4v) is 1.36. The van der Waals surface area contributed by atoms with Crippen molar-refractivity contribution in [1.29, 1.82) is 0 Å². The number of halogens is 1. The van der Waals surface area contributed by atoms with Crippen LogP contribution in [0.5, 0.6) is 0 Å². The number of amides is 1. The van der Waals surface area contributed by atoms with Crippen molar-refractivity contribution in [3.05, 3.63) is 0 Å². The molecule has 0 radical (unpaired) electrons. The maximum absolute atomic E-state index is 12.2. The highest BCUT2D eigenvalue weighted by Crippen LogP contribution is 2.51. The second-order valence-electron chi connectivity index (χ2n) is 3.71. The molecule has 1 saturated heterocycles. The van der Waals surface area contributed by atoms with E-state index in [1.54, 1.807) is 0 Å². The van der Waals surface area contributed by atoms with E-state index in [9.17, 15) is 9.18 Å². The number of hydrogen-bond donors (Lipinski definition) is 0. The van der Waals surface area contributed by atoms with Crippen LogP contribution >= 0.6 is 0 Å². The van der Waals surface area contributed by atoms with Crippen LogP contribution in [0.2, 0.25) is 0 Å². The van der Waals surface area contributed by atoms with Crippen molar-refractivity contribution in [2.45, 2.75) is 38.8 Å². The molecule has 0 aromatic rings. The minimum absolute atomic E-state index is 0.307. The summed E-state index contributed by atoms with van der Waals surface area (Å²) in [4.78, 5) is 11.5. The Morgan fingerprint density at radius 1 is 1.20 bits per heavy atom. The first-order valence-electron chi connectivity index (χ1n) is 3.31. The third-order valence-electron chi connectivity index (χ3n) is 2.74. The summed E-state index contributed by atoms with van der Waals surface area (Å²) in [5.41, 5.74) is -0.613. The van der Waals surface area contributed by atoms with Crippen LogP contribution in [-0.4, -0.2) is 22.1 Å². The molecule has 2 nitrogen and oxygen atoms in total. The van der Waals surface area contributed by atoms with Gasteiger partial charge in [-0.15, -0.1) is 4.39 Å². The zero-order chi connectivity index (χ0) is 8.15. The van der Waals surface area contributed by atoms with Gasteiger partial charge >= 0.3 is 6.16 Å². The van der Waals surface area contributed by atoms with Crippen LogP contribution < -0.4 is 0 Å². The molecule has 0 atom stereocenters. The molecular formula is C7H12FNO. The highest BCUT2D eigenvalue weighted by Gasteiger charge is 2.65. The third kappa shape index (κ3) is 0.604. The number of nitrogens with zero attached hydrogens (tertiary/aromatic N) is 1. The van der Waals surface area contributed by atoms with Crippen molar-refractivity contribution in [3.8, 4) is 0 Å². The number of hydrogen-bond acceptors (Lipinski definition) is 1. The SMILES string of the molecule is CC1(C)N(C(=O)F)C1(C)C. The Hall–Kier alpha value is -0.600. The van der Waals surface area contributed by atoms with Gasteiger partial charge in [0.05, 0.1) is 11.1 Å². The van der Waals surface area contributed by atoms with E-state index in [0.29, 0.717) is 0 Å². The molecule has 0 N–H and O–H groups in total. The van der Waals surface area contributed by atoms with Crippen molar-refractivity contribution in [1.82, 2.24) is 4.90 Å². The summed E-state index contributed by atoms with van der Waals surface area (Å²) in [5, 5.41) is 0. The van der Waals surface area contributed by atoms with Gasteiger partial charge in [-0.25, -0.2) is 4.79 Å².